The highest BCUT2D eigenvalue weighted by atomic mass is 32.2. The Labute approximate surface area is 147 Å². The van der Waals surface area contributed by atoms with Gasteiger partial charge in [-0.05, 0) is 24.3 Å². The lowest BCUT2D eigenvalue weighted by molar-refractivity contribution is 0.195. The fourth-order valence-corrected chi connectivity index (χ4v) is 3.42. The molecule has 2 heterocycles. The Kier molecular flexibility index (Phi) is 5.96. The Morgan fingerprint density at radius 1 is 1.04 bits per heavy atom. The zero-order valence-electron chi connectivity index (χ0n) is 13.6. The van der Waals surface area contributed by atoms with Crippen LogP contribution >= 0.6 is 11.8 Å². The van der Waals surface area contributed by atoms with Crippen LogP contribution in [0.15, 0.2) is 59.6 Å². The SMILES string of the molecule is O=C(NCCSc1ccccc1)N1CCN(c2ccccn2)CC1. The second kappa shape index (κ2) is 8.59. The van der Waals surface area contributed by atoms with E-state index < -0.39 is 0 Å². The first kappa shape index (κ1) is 16.6. The molecule has 2 aromatic rings. The zero-order valence-corrected chi connectivity index (χ0v) is 14.4. The van der Waals surface area contributed by atoms with Gasteiger partial charge in [0.05, 0.1) is 0 Å². The van der Waals surface area contributed by atoms with E-state index in [1.165, 1.54) is 4.90 Å². The maximum absolute atomic E-state index is 12.2. The van der Waals surface area contributed by atoms with E-state index in [0.717, 1.165) is 37.7 Å². The van der Waals surface area contributed by atoms with Gasteiger partial charge < -0.3 is 15.1 Å². The summed E-state index contributed by atoms with van der Waals surface area (Å²) in [6.45, 7) is 3.79. The molecule has 2 amide bonds. The van der Waals surface area contributed by atoms with Crippen LogP contribution in [-0.2, 0) is 0 Å². The lowest BCUT2D eigenvalue weighted by atomic mass is 10.3. The van der Waals surface area contributed by atoms with Crippen molar-refractivity contribution in [3.05, 3.63) is 54.7 Å². The minimum absolute atomic E-state index is 0.0318. The second-order valence-corrected chi connectivity index (χ2v) is 6.72. The highest BCUT2D eigenvalue weighted by Crippen LogP contribution is 2.16. The van der Waals surface area contributed by atoms with Gasteiger partial charge in [0.1, 0.15) is 5.82 Å². The van der Waals surface area contributed by atoms with Gasteiger partial charge in [0.25, 0.3) is 0 Å². The van der Waals surface area contributed by atoms with Crippen molar-refractivity contribution in [1.29, 1.82) is 0 Å². The fourth-order valence-electron chi connectivity index (χ4n) is 2.63. The molecule has 1 aromatic carbocycles. The summed E-state index contributed by atoms with van der Waals surface area (Å²) in [5.74, 6) is 1.86. The number of hydrogen-bond acceptors (Lipinski definition) is 4. The van der Waals surface area contributed by atoms with Gasteiger partial charge in [-0.1, -0.05) is 24.3 Å². The van der Waals surface area contributed by atoms with Gasteiger partial charge in [-0.3, -0.25) is 0 Å². The molecule has 6 heteroatoms. The average Bonchev–Trinajstić information content (AvgIpc) is 2.67. The second-order valence-electron chi connectivity index (χ2n) is 5.56. The maximum Gasteiger partial charge on any atom is 0.317 e. The van der Waals surface area contributed by atoms with Gasteiger partial charge in [-0.2, -0.15) is 0 Å². The number of piperazine rings is 1. The fraction of sp³-hybridized carbons (Fsp3) is 0.333. The van der Waals surface area contributed by atoms with Gasteiger partial charge in [-0.15, -0.1) is 11.8 Å². The molecule has 1 aliphatic heterocycles. The van der Waals surface area contributed by atoms with E-state index in [4.69, 9.17) is 0 Å². The van der Waals surface area contributed by atoms with Crippen molar-refractivity contribution in [3.63, 3.8) is 0 Å². The molecular weight excluding hydrogens is 320 g/mol. The number of pyridine rings is 1. The molecule has 1 fully saturated rings. The molecule has 0 unspecified atom stereocenters. The van der Waals surface area contributed by atoms with Crippen molar-refractivity contribution < 1.29 is 4.79 Å². The van der Waals surface area contributed by atoms with Gasteiger partial charge in [0, 0.05) is 49.6 Å². The number of nitrogens with zero attached hydrogens (tertiary/aromatic N) is 3. The standard InChI is InChI=1S/C18H22N4OS/c23-18(20-10-15-24-16-6-2-1-3-7-16)22-13-11-21(12-14-22)17-8-4-5-9-19-17/h1-9H,10-15H2,(H,20,23). The number of urea groups is 1. The van der Waals surface area contributed by atoms with Crippen LogP contribution in [0.3, 0.4) is 0 Å². The van der Waals surface area contributed by atoms with Crippen LogP contribution in [0.5, 0.6) is 0 Å². The summed E-state index contributed by atoms with van der Waals surface area (Å²) in [7, 11) is 0. The van der Waals surface area contributed by atoms with E-state index in [1.54, 1.807) is 18.0 Å². The Morgan fingerprint density at radius 3 is 2.50 bits per heavy atom. The van der Waals surface area contributed by atoms with E-state index in [2.05, 4.69) is 27.3 Å². The molecule has 1 aliphatic rings. The number of thioether (sulfide) groups is 1. The van der Waals surface area contributed by atoms with Crippen LogP contribution in [0.4, 0.5) is 10.6 Å². The highest BCUT2D eigenvalue weighted by Gasteiger charge is 2.21. The quantitative estimate of drug-likeness (QED) is 0.670. The van der Waals surface area contributed by atoms with Crippen LogP contribution in [-0.4, -0.2) is 54.4 Å². The molecule has 24 heavy (non-hydrogen) atoms. The lowest BCUT2D eigenvalue weighted by Crippen LogP contribution is -2.52. The van der Waals surface area contributed by atoms with Gasteiger partial charge in [0.2, 0.25) is 0 Å². The Balaban J connectivity index is 1.36. The third-order valence-corrected chi connectivity index (χ3v) is 4.94. The maximum atomic E-state index is 12.2. The first-order valence-corrected chi connectivity index (χ1v) is 9.18. The van der Waals surface area contributed by atoms with Crippen molar-refractivity contribution in [2.45, 2.75) is 4.90 Å². The number of benzene rings is 1. The van der Waals surface area contributed by atoms with Gasteiger partial charge >= 0.3 is 6.03 Å². The summed E-state index contributed by atoms with van der Waals surface area (Å²) in [6, 6.07) is 16.2. The lowest BCUT2D eigenvalue weighted by Gasteiger charge is -2.35. The Hall–Kier alpha value is -2.21. The molecule has 1 aromatic heterocycles. The number of anilines is 1. The van der Waals surface area contributed by atoms with Crippen molar-refractivity contribution in [2.75, 3.05) is 43.4 Å². The molecule has 5 nitrogen and oxygen atoms in total. The topological polar surface area (TPSA) is 48.5 Å². The van der Waals surface area contributed by atoms with Crippen molar-refractivity contribution in [1.82, 2.24) is 15.2 Å². The number of aromatic nitrogens is 1. The molecule has 0 atom stereocenters. The van der Waals surface area contributed by atoms with Crippen molar-refractivity contribution >= 4 is 23.6 Å². The number of rotatable bonds is 5. The van der Waals surface area contributed by atoms with Crippen molar-refractivity contribution in [2.24, 2.45) is 0 Å². The monoisotopic (exact) mass is 342 g/mol. The Bertz CT molecular complexity index is 630. The van der Waals surface area contributed by atoms with Gasteiger partial charge in [0.15, 0.2) is 0 Å². The first-order chi connectivity index (χ1) is 11.8. The predicted molar refractivity (Wildman–Crippen MR) is 98.6 cm³/mol. The van der Waals surface area contributed by atoms with E-state index in [1.807, 2.05) is 41.3 Å². The molecule has 0 spiro atoms. The van der Waals surface area contributed by atoms with Crippen LogP contribution in [0.25, 0.3) is 0 Å². The normalized spacial score (nSPS) is 14.5. The Morgan fingerprint density at radius 2 is 1.79 bits per heavy atom. The van der Waals surface area contributed by atoms with E-state index >= 15 is 0 Å². The number of carbonyl (C=O) groups excluding carboxylic acids is 1. The summed E-state index contributed by atoms with van der Waals surface area (Å²) >= 11 is 1.76. The van der Waals surface area contributed by atoms with E-state index in [-0.39, 0.29) is 6.03 Å². The average molecular weight is 342 g/mol. The summed E-state index contributed by atoms with van der Waals surface area (Å²) in [5, 5.41) is 3.01. The molecule has 126 valence electrons. The highest BCUT2D eigenvalue weighted by molar-refractivity contribution is 7.99. The molecule has 1 N–H and O–H groups in total. The van der Waals surface area contributed by atoms with E-state index in [0.29, 0.717) is 6.54 Å². The molecule has 3 rings (SSSR count). The largest absolute Gasteiger partial charge is 0.353 e. The molecule has 0 saturated carbocycles. The number of nitrogens with one attached hydrogen (secondary N) is 1. The third-order valence-electron chi connectivity index (χ3n) is 3.93. The van der Waals surface area contributed by atoms with E-state index in [9.17, 15) is 4.79 Å². The van der Waals surface area contributed by atoms with Crippen molar-refractivity contribution in [3.8, 4) is 0 Å². The molecular formula is C18H22N4OS. The summed E-state index contributed by atoms with van der Waals surface area (Å²) < 4.78 is 0. The molecule has 0 bridgehead atoms. The smallest absolute Gasteiger partial charge is 0.317 e. The number of hydrogen-bond donors (Lipinski definition) is 1. The number of carbonyl (C=O) groups is 1. The number of amides is 2. The summed E-state index contributed by atoms with van der Waals surface area (Å²) in [6.07, 6.45) is 1.80. The predicted octanol–water partition coefficient (Wildman–Crippen LogP) is 2.71. The van der Waals surface area contributed by atoms with Crippen LogP contribution in [0.2, 0.25) is 0 Å². The summed E-state index contributed by atoms with van der Waals surface area (Å²) in [4.78, 5) is 21.9. The van der Waals surface area contributed by atoms with Crippen LogP contribution < -0.4 is 10.2 Å². The van der Waals surface area contributed by atoms with Crippen LogP contribution in [0.1, 0.15) is 0 Å². The first-order valence-electron chi connectivity index (χ1n) is 8.19. The van der Waals surface area contributed by atoms with Gasteiger partial charge in [-0.25, -0.2) is 9.78 Å². The molecule has 0 aliphatic carbocycles. The minimum atomic E-state index is 0.0318. The third kappa shape index (κ3) is 4.64. The van der Waals surface area contributed by atoms with Crippen LogP contribution in [0, 0.1) is 0 Å². The summed E-state index contributed by atoms with van der Waals surface area (Å²) in [5.41, 5.74) is 0. The zero-order chi connectivity index (χ0) is 16.6. The minimum Gasteiger partial charge on any atom is -0.353 e. The molecule has 1 saturated heterocycles. The molecule has 0 radical (unpaired) electrons.